The van der Waals surface area contributed by atoms with E-state index in [2.05, 4.69) is 53.2 Å². The molecule has 0 unspecified atom stereocenters. The topological polar surface area (TPSA) is 22.0 Å². The van der Waals surface area contributed by atoms with Gasteiger partial charge in [-0.15, -0.1) is 0 Å². The largest absolute Gasteiger partial charge is 0.346 e. The van der Waals surface area contributed by atoms with E-state index >= 15 is 0 Å². The van der Waals surface area contributed by atoms with Crippen LogP contribution in [0.3, 0.4) is 0 Å². The van der Waals surface area contributed by atoms with Gasteiger partial charge in [-0.1, -0.05) is 42.5 Å². The quantitative estimate of drug-likeness (QED) is 0.686. The molecule has 2 heteroatoms. The van der Waals surface area contributed by atoms with Gasteiger partial charge in [0.15, 0.2) is 5.78 Å². The molecule has 0 bridgehead atoms. The maximum Gasteiger partial charge on any atom is 0.164 e. The van der Waals surface area contributed by atoms with Crippen LogP contribution in [0.4, 0.5) is 0 Å². The van der Waals surface area contributed by atoms with Gasteiger partial charge in [0.2, 0.25) is 0 Å². The molecule has 0 saturated carbocycles. The van der Waals surface area contributed by atoms with Crippen LogP contribution < -0.4 is 0 Å². The van der Waals surface area contributed by atoms with Gasteiger partial charge in [-0.05, 0) is 35.2 Å². The molecule has 0 atom stereocenters. The Kier molecular flexibility index (Phi) is 2.88. The third kappa shape index (κ3) is 2.07. The number of aromatic nitrogens is 1. The maximum atomic E-state index is 12.0. The van der Waals surface area contributed by atoms with Gasteiger partial charge in [-0.25, -0.2) is 0 Å². The van der Waals surface area contributed by atoms with Crippen LogP contribution in [0, 0.1) is 0 Å². The lowest BCUT2D eigenvalue weighted by molar-refractivity contribution is 0.0972. The smallest absolute Gasteiger partial charge is 0.164 e. The molecule has 0 amide bonds. The zero-order chi connectivity index (χ0) is 14.2. The van der Waals surface area contributed by atoms with Crippen LogP contribution in [-0.2, 0) is 13.0 Å². The van der Waals surface area contributed by atoms with Crippen molar-refractivity contribution in [3.05, 3.63) is 71.5 Å². The Morgan fingerprint density at radius 3 is 2.76 bits per heavy atom. The van der Waals surface area contributed by atoms with Crippen LogP contribution in [0.1, 0.15) is 34.5 Å². The highest BCUT2D eigenvalue weighted by Crippen LogP contribution is 2.25. The van der Waals surface area contributed by atoms with E-state index in [9.17, 15) is 4.79 Å². The Morgan fingerprint density at radius 2 is 1.81 bits per heavy atom. The number of fused-ring (bicyclic) bond motifs is 2. The monoisotopic (exact) mass is 275 g/mol. The molecule has 2 aromatic carbocycles. The van der Waals surface area contributed by atoms with Crippen molar-refractivity contribution in [3.63, 3.8) is 0 Å². The van der Waals surface area contributed by atoms with Crippen LogP contribution in [0.15, 0.2) is 54.7 Å². The minimum Gasteiger partial charge on any atom is -0.346 e. The first-order valence-electron chi connectivity index (χ1n) is 7.51. The molecule has 1 aliphatic rings. The number of benzene rings is 2. The van der Waals surface area contributed by atoms with E-state index in [4.69, 9.17) is 0 Å². The highest BCUT2D eigenvalue weighted by Gasteiger charge is 2.20. The van der Waals surface area contributed by atoms with Crippen LogP contribution in [0.2, 0.25) is 0 Å². The second-order valence-corrected chi connectivity index (χ2v) is 5.72. The Balaban J connectivity index is 1.77. The molecule has 0 aliphatic heterocycles. The predicted octanol–water partition coefficient (Wildman–Crippen LogP) is 4.21. The molecule has 0 spiro atoms. The molecule has 0 radical (unpaired) electrons. The Bertz CT molecular complexity index is 823. The van der Waals surface area contributed by atoms with Gasteiger partial charge in [0.25, 0.3) is 0 Å². The first-order chi connectivity index (χ1) is 10.3. The Morgan fingerprint density at radius 1 is 0.952 bits per heavy atom. The molecular formula is C19H17NO. The Hall–Kier alpha value is -2.35. The standard InChI is InChI=1S/C19H17NO/c21-19-10-4-9-18-17(19)11-12-20(18)13-15-7-3-6-14-5-1-2-8-16(14)15/h1-3,5-8,11-12H,4,9-10,13H2. The Labute approximate surface area is 124 Å². The third-order valence-corrected chi connectivity index (χ3v) is 4.42. The average molecular weight is 275 g/mol. The van der Waals surface area contributed by atoms with E-state index in [1.165, 1.54) is 22.0 Å². The van der Waals surface area contributed by atoms with Gasteiger partial charge in [-0.3, -0.25) is 4.79 Å². The van der Waals surface area contributed by atoms with Gasteiger partial charge in [0.1, 0.15) is 0 Å². The number of hydrogen-bond donors (Lipinski definition) is 0. The number of ketones is 1. The zero-order valence-electron chi connectivity index (χ0n) is 11.9. The van der Waals surface area contributed by atoms with Gasteiger partial charge >= 0.3 is 0 Å². The van der Waals surface area contributed by atoms with Crippen LogP contribution >= 0.6 is 0 Å². The number of nitrogens with zero attached hydrogens (tertiary/aromatic N) is 1. The molecular weight excluding hydrogens is 258 g/mol. The number of Topliss-reactive ketones (excluding diaryl/α,β-unsaturated/α-hetero) is 1. The van der Waals surface area contributed by atoms with Crippen molar-refractivity contribution in [1.82, 2.24) is 4.57 Å². The minimum absolute atomic E-state index is 0.299. The van der Waals surface area contributed by atoms with Gasteiger partial charge < -0.3 is 4.57 Å². The molecule has 1 heterocycles. The van der Waals surface area contributed by atoms with Crippen LogP contribution in [-0.4, -0.2) is 10.4 Å². The van der Waals surface area contributed by atoms with Crippen LogP contribution in [0.25, 0.3) is 10.8 Å². The average Bonchev–Trinajstić information content (AvgIpc) is 2.92. The summed E-state index contributed by atoms with van der Waals surface area (Å²) in [6, 6.07) is 16.9. The number of carbonyl (C=O) groups excluding carboxylic acids is 1. The van der Waals surface area contributed by atoms with E-state index in [1.807, 2.05) is 6.07 Å². The molecule has 104 valence electrons. The number of rotatable bonds is 2. The van der Waals surface area contributed by atoms with Crippen molar-refractivity contribution in [1.29, 1.82) is 0 Å². The first-order valence-corrected chi connectivity index (χ1v) is 7.51. The van der Waals surface area contributed by atoms with Crippen LogP contribution in [0.5, 0.6) is 0 Å². The highest BCUT2D eigenvalue weighted by molar-refractivity contribution is 5.98. The summed E-state index contributed by atoms with van der Waals surface area (Å²) in [6.07, 6.45) is 4.76. The lowest BCUT2D eigenvalue weighted by Gasteiger charge is -2.16. The fraction of sp³-hybridized carbons (Fsp3) is 0.211. The molecule has 3 aromatic rings. The van der Waals surface area contributed by atoms with Gasteiger partial charge in [0, 0.05) is 30.4 Å². The zero-order valence-corrected chi connectivity index (χ0v) is 11.9. The molecule has 2 nitrogen and oxygen atoms in total. The van der Waals surface area contributed by atoms with Crippen molar-refractivity contribution in [2.24, 2.45) is 0 Å². The summed E-state index contributed by atoms with van der Waals surface area (Å²) < 4.78 is 2.24. The fourth-order valence-corrected chi connectivity index (χ4v) is 3.35. The van der Waals surface area contributed by atoms with Gasteiger partial charge in [-0.2, -0.15) is 0 Å². The fourth-order valence-electron chi connectivity index (χ4n) is 3.35. The van der Waals surface area contributed by atoms with Gasteiger partial charge in [0.05, 0.1) is 0 Å². The first kappa shape index (κ1) is 12.4. The van der Waals surface area contributed by atoms with Crippen molar-refractivity contribution in [3.8, 4) is 0 Å². The van der Waals surface area contributed by atoms with E-state index in [-0.39, 0.29) is 0 Å². The number of carbonyl (C=O) groups is 1. The van der Waals surface area contributed by atoms with Crippen molar-refractivity contribution in [2.75, 3.05) is 0 Å². The minimum atomic E-state index is 0.299. The predicted molar refractivity (Wildman–Crippen MR) is 84.8 cm³/mol. The SMILES string of the molecule is O=C1CCCc2c1ccn2Cc1cccc2ccccc12. The molecule has 0 saturated heterocycles. The summed E-state index contributed by atoms with van der Waals surface area (Å²) in [5.74, 6) is 0.299. The van der Waals surface area contributed by atoms with Crippen molar-refractivity contribution < 1.29 is 4.79 Å². The molecule has 0 N–H and O–H groups in total. The molecule has 21 heavy (non-hydrogen) atoms. The second-order valence-electron chi connectivity index (χ2n) is 5.72. The van der Waals surface area contributed by atoms with E-state index in [1.54, 1.807) is 0 Å². The molecule has 0 fully saturated rings. The summed E-state index contributed by atoms with van der Waals surface area (Å²) in [6.45, 7) is 0.837. The number of hydrogen-bond acceptors (Lipinski definition) is 1. The summed E-state index contributed by atoms with van der Waals surface area (Å²) in [5, 5.41) is 2.57. The molecule has 1 aliphatic carbocycles. The lowest BCUT2D eigenvalue weighted by atomic mass is 9.96. The maximum absolute atomic E-state index is 12.0. The van der Waals surface area contributed by atoms with Crippen molar-refractivity contribution in [2.45, 2.75) is 25.8 Å². The molecule has 1 aromatic heterocycles. The summed E-state index contributed by atoms with van der Waals surface area (Å²) in [5.41, 5.74) is 3.45. The summed E-state index contributed by atoms with van der Waals surface area (Å²) in [4.78, 5) is 12.0. The lowest BCUT2D eigenvalue weighted by Crippen LogP contribution is -2.13. The van der Waals surface area contributed by atoms with E-state index in [0.717, 1.165) is 24.9 Å². The van der Waals surface area contributed by atoms with E-state index < -0.39 is 0 Å². The second kappa shape index (κ2) is 4.88. The summed E-state index contributed by atoms with van der Waals surface area (Å²) >= 11 is 0. The normalized spacial score (nSPS) is 14.4. The van der Waals surface area contributed by atoms with Crippen molar-refractivity contribution >= 4 is 16.6 Å². The molecule has 4 rings (SSSR count). The third-order valence-electron chi connectivity index (χ3n) is 4.42. The summed E-state index contributed by atoms with van der Waals surface area (Å²) in [7, 11) is 0. The highest BCUT2D eigenvalue weighted by atomic mass is 16.1. The van der Waals surface area contributed by atoms with E-state index in [0.29, 0.717) is 12.2 Å².